The van der Waals surface area contributed by atoms with Crippen molar-refractivity contribution in [2.45, 2.75) is 44.7 Å². The fraction of sp³-hybridized carbons (Fsp3) is 0.833. The first-order chi connectivity index (χ1) is 8.54. The van der Waals surface area contributed by atoms with Crippen molar-refractivity contribution in [1.82, 2.24) is 15.5 Å². The molecule has 1 fully saturated rings. The molecule has 1 saturated heterocycles. The maximum Gasteiger partial charge on any atom is 0.326 e. The number of carboxylic acid groups (broad SMARTS) is 1. The summed E-state index contributed by atoms with van der Waals surface area (Å²) in [6.07, 6.45) is 3.40. The van der Waals surface area contributed by atoms with Gasteiger partial charge in [0, 0.05) is 12.6 Å². The average Bonchev–Trinajstić information content (AvgIpc) is 2.71. The van der Waals surface area contributed by atoms with Gasteiger partial charge < -0.3 is 20.6 Å². The number of nitrogens with zero attached hydrogens (tertiary/aromatic N) is 1. The number of likely N-dealkylation sites (tertiary alicyclic amines) is 1. The van der Waals surface area contributed by atoms with Crippen LogP contribution in [-0.2, 0) is 4.79 Å². The Kier molecular flexibility index (Phi) is 5.91. The molecule has 104 valence electrons. The van der Waals surface area contributed by atoms with E-state index in [9.17, 15) is 9.59 Å². The molecule has 6 nitrogen and oxygen atoms in total. The van der Waals surface area contributed by atoms with E-state index >= 15 is 0 Å². The number of hydrogen-bond donors (Lipinski definition) is 3. The number of rotatable bonds is 6. The molecule has 0 aromatic carbocycles. The van der Waals surface area contributed by atoms with E-state index in [1.807, 2.05) is 14.0 Å². The van der Waals surface area contributed by atoms with Crippen LogP contribution < -0.4 is 10.6 Å². The van der Waals surface area contributed by atoms with E-state index in [-0.39, 0.29) is 0 Å². The highest BCUT2D eigenvalue weighted by atomic mass is 16.4. The van der Waals surface area contributed by atoms with Crippen LogP contribution in [0.3, 0.4) is 0 Å². The third kappa shape index (κ3) is 4.52. The molecule has 0 aromatic heterocycles. The number of hydrogen-bond acceptors (Lipinski definition) is 3. The molecule has 0 aromatic rings. The van der Waals surface area contributed by atoms with E-state index < -0.39 is 18.0 Å². The normalized spacial score (nSPS) is 21.6. The van der Waals surface area contributed by atoms with Crippen molar-refractivity contribution >= 4 is 12.0 Å². The molecule has 0 radical (unpaired) electrons. The van der Waals surface area contributed by atoms with Crippen LogP contribution in [0.25, 0.3) is 0 Å². The topological polar surface area (TPSA) is 81.7 Å². The van der Waals surface area contributed by atoms with Crippen LogP contribution in [0.15, 0.2) is 0 Å². The van der Waals surface area contributed by atoms with Crippen molar-refractivity contribution in [2.75, 3.05) is 20.1 Å². The highest BCUT2D eigenvalue weighted by Crippen LogP contribution is 2.13. The Morgan fingerprint density at radius 2 is 2.22 bits per heavy atom. The molecule has 0 saturated carbocycles. The molecule has 2 unspecified atom stereocenters. The molecule has 0 spiro atoms. The van der Waals surface area contributed by atoms with Gasteiger partial charge in [0.2, 0.25) is 0 Å². The van der Waals surface area contributed by atoms with E-state index in [1.165, 1.54) is 0 Å². The van der Waals surface area contributed by atoms with E-state index in [4.69, 9.17) is 5.11 Å². The van der Waals surface area contributed by atoms with Gasteiger partial charge in [0.1, 0.15) is 6.04 Å². The van der Waals surface area contributed by atoms with Crippen molar-refractivity contribution in [2.24, 2.45) is 0 Å². The van der Waals surface area contributed by atoms with Gasteiger partial charge in [0.15, 0.2) is 0 Å². The SMILES string of the molecule is CCCC(NC(=O)NCC1CCCN1C)C(=O)O. The standard InChI is InChI=1S/C12H23N3O3/c1-3-5-10(11(16)17)14-12(18)13-8-9-6-4-7-15(9)2/h9-10H,3-8H2,1-2H3,(H,16,17)(H2,13,14,18). The van der Waals surface area contributed by atoms with Crippen molar-refractivity contribution in [1.29, 1.82) is 0 Å². The minimum atomic E-state index is -0.981. The van der Waals surface area contributed by atoms with E-state index in [0.717, 1.165) is 25.8 Å². The first-order valence-electron chi connectivity index (χ1n) is 6.52. The van der Waals surface area contributed by atoms with Crippen LogP contribution in [0.4, 0.5) is 4.79 Å². The maximum absolute atomic E-state index is 11.6. The Morgan fingerprint density at radius 1 is 1.50 bits per heavy atom. The number of carbonyl (C=O) groups excluding carboxylic acids is 1. The van der Waals surface area contributed by atoms with Gasteiger partial charge in [-0.25, -0.2) is 9.59 Å². The summed E-state index contributed by atoms with van der Waals surface area (Å²) in [5.74, 6) is -0.981. The second-order valence-corrected chi connectivity index (χ2v) is 4.81. The molecule has 3 N–H and O–H groups in total. The van der Waals surface area contributed by atoms with Crippen LogP contribution >= 0.6 is 0 Å². The molecule has 1 aliphatic rings. The number of urea groups is 1. The summed E-state index contributed by atoms with van der Waals surface area (Å²) in [4.78, 5) is 24.7. The van der Waals surface area contributed by atoms with Crippen LogP contribution in [0.2, 0.25) is 0 Å². The first kappa shape index (κ1) is 14.8. The van der Waals surface area contributed by atoms with Gasteiger partial charge >= 0.3 is 12.0 Å². The summed E-state index contributed by atoms with van der Waals surface area (Å²) >= 11 is 0. The maximum atomic E-state index is 11.6. The average molecular weight is 257 g/mol. The molecule has 1 rings (SSSR count). The number of amides is 2. The number of carboxylic acids is 1. The monoisotopic (exact) mass is 257 g/mol. The molecule has 2 amide bonds. The molecule has 1 aliphatic heterocycles. The first-order valence-corrected chi connectivity index (χ1v) is 6.52. The molecular formula is C12H23N3O3. The molecule has 0 bridgehead atoms. The van der Waals surface area contributed by atoms with Gasteiger partial charge in [0.25, 0.3) is 0 Å². The Morgan fingerprint density at radius 3 is 2.72 bits per heavy atom. The van der Waals surface area contributed by atoms with Gasteiger partial charge in [-0.05, 0) is 32.9 Å². The summed E-state index contributed by atoms with van der Waals surface area (Å²) in [5.41, 5.74) is 0. The van der Waals surface area contributed by atoms with E-state index in [2.05, 4.69) is 15.5 Å². The Labute approximate surface area is 108 Å². The zero-order chi connectivity index (χ0) is 13.5. The number of nitrogens with one attached hydrogen (secondary N) is 2. The molecule has 0 aliphatic carbocycles. The fourth-order valence-electron chi connectivity index (χ4n) is 2.20. The summed E-state index contributed by atoms with van der Waals surface area (Å²) < 4.78 is 0. The molecule has 2 atom stereocenters. The van der Waals surface area contributed by atoms with Crippen LogP contribution in [0, 0.1) is 0 Å². The predicted octanol–water partition coefficient (Wildman–Crippen LogP) is 0.633. The second kappa shape index (κ2) is 7.20. The van der Waals surface area contributed by atoms with Gasteiger partial charge in [-0.3, -0.25) is 0 Å². The third-order valence-corrected chi connectivity index (χ3v) is 3.35. The Hall–Kier alpha value is -1.30. The lowest BCUT2D eigenvalue weighted by Crippen LogP contribution is -2.48. The van der Waals surface area contributed by atoms with E-state index in [1.54, 1.807) is 0 Å². The minimum absolute atomic E-state index is 0.366. The summed E-state index contributed by atoms with van der Waals surface area (Å²) in [6.45, 7) is 3.52. The lowest BCUT2D eigenvalue weighted by Gasteiger charge is -2.20. The molecular weight excluding hydrogens is 234 g/mol. The largest absolute Gasteiger partial charge is 0.480 e. The minimum Gasteiger partial charge on any atom is -0.480 e. The van der Waals surface area contributed by atoms with Gasteiger partial charge in [0.05, 0.1) is 0 Å². The summed E-state index contributed by atoms with van der Waals surface area (Å²) in [7, 11) is 2.04. The smallest absolute Gasteiger partial charge is 0.326 e. The highest BCUT2D eigenvalue weighted by molar-refractivity contribution is 5.82. The van der Waals surface area contributed by atoms with Crippen molar-refractivity contribution in [3.05, 3.63) is 0 Å². The third-order valence-electron chi connectivity index (χ3n) is 3.35. The molecule has 1 heterocycles. The van der Waals surface area contributed by atoms with Gasteiger partial charge in [-0.2, -0.15) is 0 Å². The fourth-order valence-corrected chi connectivity index (χ4v) is 2.20. The Bertz CT molecular complexity index is 296. The highest BCUT2D eigenvalue weighted by Gasteiger charge is 2.22. The predicted molar refractivity (Wildman–Crippen MR) is 68.5 cm³/mol. The zero-order valence-corrected chi connectivity index (χ0v) is 11.1. The van der Waals surface area contributed by atoms with Crippen molar-refractivity contribution < 1.29 is 14.7 Å². The van der Waals surface area contributed by atoms with Crippen LogP contribution in [0.5, 0.6) is 0 Å². The summed E-state index contributed by atoms with van der Waals surface area (Å²) in [6, 6.07) is -0.822. The summed E-state index contributed by atoms with van der Waals surface area (Å²) in [5, 5.41) is 14.2. The second-order valence-electron chi connectivity index (χ2n) is 4.81. The van der Waals surface area contributed by atoms with Crippen molar-refractivity contribution in [3.63, 3.8) is 0 Å². The lowest BCUT2D eigenvalue weighted by atomic mass is 10.2. The molecule has 6 heteroatoms. The van der Waals surface area contributed by atoms with Gasteiger partial charge in [-0.1, -0.05) is 13.3 Å². The quantitative estimate of drug-likeness (QED) is 0.652. The zero-order valence-electron chi connectivity index (χ0n) is 11.1. The van der Waals surface area contributed by atoms with E-state index in [0.29, 0.717) is 19.0 Å². The number of aliphatic carboxylic acids is 1. The van der Waals surface area contributed by atoms with Crippen LogP contribution in [0.1, 0.15) is 32.6 Å². The van der Waals surface area contributed by atoms with Crippen LogP contribution in [-0.4, -0.2) is 54.2 Å². The van der Waals surface area contributed by atoms with Crippen molar-refractivity contribution in [3.8, 4) is 0 Å². The number of carbonyl (C=O) groups is 2. The number of likely N-dealkylation sites (N-methyl/N-ethyl adjacent to an activating group) is 1. The lowest BCUT2D eigenvalue weighted by molar-refractivity contribution is -0.139. The Balaban J connectivity index is 2.29. The van der Waals surface area contributed by atoms with Gasteiger partial charge in [-0.15, -0.1) is 0 Å². The molecule has 18 heavy (non-hydrogen) atoms.